The van der Waals surface area contributed by atoms with Gasteiger partial charge in [0.2, 0.25) is 0 Å². The van der Waals surface area contributed by atoms with E-state index < -0.39 is 16.8 Å². The lowest BCUT2D eigenvalue weighted by atomic mass is 9.98. The van der Waals surface area contributed by atoms with Gasteiger partial charge in [-0.15, -0.1) is 8.78 Å². The number of alkyl halides is 2. The Balaban J connectivity index is 2.57. The summed E-state index contributed by atoms with van der Waals surface area (Å²) >= 11 is 0. The second-order valence-electron chi connectivity index (χ2n) is 4.03. The first kappa shape index (κ1) is 13.8. The summed E-state index contributed by atoms with van der Waals surface area (Å²) in [6, 6.07) is -4.17. The van der Waals surface area contributed by atoms with Crippen LogP contribution in [0.2, 0.25) is 0 Å². The summed E-state index contributed by atoms with van der Waals surface area (Å²) in [5, 5.41) is 12.5. The number of hydrogen-bond acceptors (Lipinski definition) is 4. The summed E-state index contributed by atoms with van der Waals surface area (Å²) in [6.45, 7) is 3.18. The van der Waals surface area contributed by atoms with E-state index in [2.05, 4.69) is 10.3 Å². The lowest BCUT2D eigenvalue weighted by molar-refractivity contribution is -0.617. The predicted molar refractivity (Wildman–Crippen MR) is 56.8 cm³/mol. The molecule has 1 rings (SSSR count). The first-order chi connectivity index (χ1) is 7.89. The number of nitrogens with one attached hydrogen (secondary N) is 1. The van der Waals surface area contributed by atoms with Crippen LogP contribution < -0.4 is 5.32 Å². The van der Waals surface area contributed by atoms with Crippen molar-refractivity contribution < 1.29 is 18.4 Å². The smallest absolute Gasteiger partial charge is 0.381 e. The highest BCUT2D eigenvalue weighted by atomic mass is 19.3. The second-order valence-corrected chi connectivity index (χ2v) is 4.03. The van der Waals surface area contributed by atoms with E-state index in [9.17, 15) is 18.9 Å². The summed E-state index contributed by atoms with van der Waals surface area (Å²) in [5.74, 6) is -0.610. The van der Waals surface area contributed by atoms with Crippen LogP contribution in [0.25, 0.3) is 0 Å². The van der Waals surface area contributed by atoms with Gasteiger partial charge in [0, 0.05) is 26.1 Å². The van der Waals surface area contributed by atoms with Crippen LogP contribution in [0.4, 0.5) is 8.78 Å². The van der Waals surface area contributed by atoms with E-state index in [0.29, 0.717) is 13.2 Å². The molecule has 6 nitrogen and oxygen atoms in total. The summed E-state index contributed by atoms with van der Waals surface area (Å²) in [7, 11) is 1.09. The molecule has 0 aromatic rings. The number of nitrogens with zero attached hydrogens (tertiary/aromatic N) is 2. The Morgan fingerprint density at radius 1 is 1.65 bits per heavy atom. The van der Waals surface area contributed by atoms with Crippen molar-refractivity contribution in [3.05, 3.63) is 10.1 Å². The van der Waals surface area contributed by atoms with Gasteiger partial charge in [-0.3, -0.25) is 15.1 Å². The summed E-state index contributed by atoms with van der Waals surface area (Å²) < 4.78 is 31.3. The Morgan fingerprint density at radius 3 is 2.71 bits per heavy atom. The maximum atomic E-state index is 13.1. The minimum absolute atomic E-state index is 0.0642. The standard InChI is InChI=1S/C9H15F2N3O3/c1-6-4-17-5-7(6)3-13-8(12-2)9(10,11)14(15)16/h6-7H,3-5H2,1-2H3,(H,12,13). The molecule has 0 spiro atoms. The second kappa shape index (κ2) is 5.35. The number of amidine groups is 1. The van der Waals surface area contributed by atoms with E-state index >= 15 is 0 Å². The molecule has 17 heavy (non-hydrogen) atoms. The van der Waals surface area contributed by atoms with Crippen molar-refractivity contribution in [3.63, 3.8) is 0 Å². The Hall–Kier alpha value is -1.31. The van der Waals surface area contributed by atoms with E-state index in [0.717, 1.165) is 7.05 Å². The van der Waals surface area contributed by atoms with Crippen molar-refractivity contribution in [2.45, 2.75) is 13.0 Å². The zero-order valence-electron chi connectivity index (χ0n) is 9.65. The van der Waals surface area contributed by atoms with Crippen LogP contribution in [0, 0.1) is 22.0 Å². The maximum absolute atomic E-state index is 13.1. The Kier molecular flexibility index (Phi) is 4.33. The van der Waals surface area contributed by atoms with E-state index in [4.69, 9.17) is 4.74 Å². The molecular formula is C9H15F2N3O3. The highest BCUT2D eigenvalue weighted by molar-refractivity contribution is 5.87. The summed E-state index contributed by atoms with van der Waals surface area (Å²) in [6.07, 6.45) is 0. The molecule has 1 N–H and O–H groups in total. The van der Waals surface area contributed by atoms with Gasteiger partial charge >= 0.3 is 6.05 Å². The first-order valence-electron chi connectivity index (χ1n) is 5.20. The number of nitro groups is 1. The Labute approximate surface area is 97.2 Å². The van der Waals surface area contributed by atoms with Crippen molar-refractivity contribution in [2.75, 3.05) is 26.8 Å². The average Bonchev–Trinajstić information content (AvgIpc) is 2.64. The van der Waals surface area contributed by atoms with Crippen LogP contribution in [0.15, 0.2) is 4.99 Å². The number of ether oxygens (including phenoxy) is 1. The summed E-state index contributed by atoms with van der Waals surface area (Å²) in [5.41, 5.74) is 0. The molecule has 1 saturated heterocycles. The fourth-order valence-electron chi connectivity index (χ4n) is 1.60. The quantitative estimate of drug-likeness (QED) is 0.263. The van der Waals surface area contributed by atoms with Crippen molar-refractivity contribution in [1.82, 2.24) is 5.32 Å². The van der Waals surface area contributed by atoms with Gasteiger partial charge < -0.3 is 10.1 Å². The molecule has 1 aliphatic rings. The van der Waals surface area contributed by atoms with E-state index in [1.807, 2.05) is 6.92 Å². The number of hydrogen-bond donors (Lipinski definition) is 1. The Morgan fingerprint density at radius 2 is 2.29 bits per heavy atom. The van der Waals surface area contributed by atoms with Gasteiger partial charge in [-0.25, -0.2) is 0 Å². The van der Waals surface area contributed by atoms with Crippen LogP contribution in [-0.4, -0.2) is 43.6 Å². The zero-order valence-corrected chi connectivity index (χ0v) is 9.65. The van der Waals surface area contributed by atoms with E-state index in [1.54, 1.807) is 0 Å². The molecular weight excluding hydrogens is 236 g/mol. The fraction of sp³-hybridized carbons (Fsp3) is 0.889. The van der Waals surface area contributed by atoms with Crippen molar-refractivity contribution >= 4 is 5.84 Å². The van der Waals surface area contributed by atoms with Gasteiger partial charge in [-0.05, 0) is 5.92 Å². The van der Waals surface area contributed by atoms with Crippen molar-refractivity contribution in [2.24, 2.45) is 16.8 Å². The van der Waals surface area contributed by atoms with Gasteiger partial charge in [-0.2, -0.15) is 0 Å². The maximum Gasteiger partial charge on any atom is 0.571 e. The Bertz CT molecular complexity index is 323. The molecule has 0 saturated carbocycles. The molecule has 2 atom stereocenters. The SMILES string of the molecule is CN=C(NCC1COCC1C)C(F)(F)[N+](=O)[O-]. The van der Waals surface area contributed by atoms with Gasteiger partial charge in [0.05, 0.1) is 6.61 Å². The average molecular weight is 251 g/mol. The van der Waals surface area contributed by atoms with E-state index in [1.165, 1.54) is 0 Å². The molecule has 98 valence electrons. The van der Waals surface area contributed by atoms with Crippen molar-refractivity contribution in [3.8, 4) is 0 Å². The normalized spacial score (nSPS) is 26.0. The number of aliphatic imine (C=N–C) groups is 1. The summed E-state index contributed by atoms with van der Waals surface area (Å²) in [4.78, 5) is 11.8. The first-order valence-corrected chi connectivity index (χ1v) is 5.20. The van der Waals surface area contributed by atoms with Crippen LogP contribution in [0.3, 0.4) is 0 Å². The molecule has 0 bridgehead atoms. The molecule has 0 radical (unpaired) electrons. The topological polar surface area (TPSA) is 76.8 Å². The van der Waals surface area contributed by atoms with Crippen LogP contribution in [0.1, 0.15) is 6.92 Å². The predicted octanol–water partition coefficient (Wildman–Crippen LogP) is 0.756. The minimum Gasteiger partial charge on any atom is -0.381 e. The lowest BCUT2D eigenvalue weighted by Crippen LogP contribution is -2.47. The molecule has 1 heterocycles. The van der Waals surface area contributed by atoms with Crippen molar-refractivity contribution in [1.29, 1.82) is 0 Å². The molecule has 2 unspecified atom stereocenters. The van der Waals surface area contributed by atoms with E-state index in [-0.39, 0.29) is 18.4 Å². The third kappa shape index (κ3) is 3.09. The van der Waals surface area contributed by atoms with Gasteiger partial charge in [0.15, 0.2) is 0 Å². The molecule has 1 fully saturated rings. The highest BCUT2D eigenvalue weighted by Crippen LogP contribution is 2.20. The molecule has 0 aromatic carbocycles. The third-order valence-electron chi connectivity index (χ3n) is 2.79. The molecule has 0 aromatic heterocycles. The number of rotatable bonds is 4. The van der Waals surface area contributed by atoms with Gasteiger partial charge in [0.25, 0.3) is 5.84 Å². The highest BCUT2D eigenvalue weighted by Gasteiger charge is 2.50. The van der Waals surface area contributed by atoms with Crippen LogP contribution >= 0.6 is 0 Å². The number of halogens is 2. The molecule has 1 aliphatic heterocycles. The molecule has 0 amide bonds. The van der Waals surface area contributed by atoms with Crippen LogP contribution in [-0.2, 0) is 4.74 Å². The monoisotopic (exact) mass is 251 g/mol. The van der Waals surface area contributed by atoms with Gasteiger partial charge in [0.1, 0.15) is 4.92 Å². The minimum atomic E-state index is -4.17. The van der Waals surface area contributed by atoms with Crippen LogP contribution in [0.5, 0.6) is 0 Å². The van der Waals surface area contributed by atoms with Gasteiger partial charge in [-0.1, -0.05) is 6.92 Å². The lowest BCUT2D eigenvalue weighted by Gasteiger charge is -2.17. The fourth-order valence-corrected chi connectivity index (χ4v) is 1.60. The third-order valence-corrected chi connectivity index (χ3v) is 2.79. The zero-order chi connectivity index (χ0) is 13.1. The molecule has 0 aliphatic carbocycles. The molecule has 8 heteroatoms. The largest absolute Gasteiger partial charge is 0.571 e.